The number of hydrogen-bond acceptors (Lipinski definition) is 5. The molecule has 34 heavy (non-hydrogen) atoms. The Labute approximate surface area is 217 Å². The van der Waals surface area contributed by atoms with Gasteiger partial charge in [0.05, 0.1) is 16.3 Å². The first-order valence-electron chi connectivity index (χ1n) is 10.7. The summed E-state index contributed by atoms with van der Waals surface area (Å²) in [6.07, 6.45) is 0. The van der Waals surface area contributed by atoms with Gasteiger partial charge < -0.3 is 15.5 Å². The van der Waals surface area contributed by atoms with Crippen molar-refractivity contribution in [3.05, 3.63) is 78.9 Å². The van der Waals surface area contributed by atoms with Gasteiger partial charge in [-0.2, -0.15) is 0 Å². The number of piperazine rings is 1. The third-order valence-corrected chi connectivity index (χ3v) is 7.51. The molecule has 2 N–H and O–H groups in total. The Hall–Kier alpha value is -2.13. The van der Waals surface area contributed by atoms with Crippen LogP contribution in [0.5, 0.6) is 0 Å². The van der Waals surface area contributed by atoms with E-state index in [0.717, 1.165) is 37.6 Å². The molecular weight excluding hydrogens is 515 g/mol. The van der Waals surface area contributed by atoms with E-state index in [1.54, 1.807) is 36.4 Å². The van der Waals surface area contributed by atoms with Gasteiger partial charge in [0, 0.05) is 53.3 Å². The third-order valence-electron chi connectivity index (χ3n) is 5.50. The standard InChI is InChI=1S/C24H23Cl3N4O2S/c1-30-8-10-31(11-9-30)14-18-13-20(27)22(34-18)24(33)29-21-7-4-16(26)12-19(21)23(32)28-17-5-2-15(25)3-6-17/h2-7,12-13H,8-11,14H2,1H3,(H,28,32)(H,29,33). The van der Waals surface area contributed by atoms with Crippen molar-refractivity contribution in [2.75, 3.05) is 43.9 Å². The lowest BCUT2D eigenvalue weighted by Gasteiger charge is -2.31. The van der Waals surface area contributed by atoms with E-state index >= 15 is 0 Å². The van der Waals surface area contributed by atoms with Crippen molar-refractivity contribution in [1.29, 1.82) is 0 Å². The van der Waals surface area contributed by atoms with Crippen LogP contribution in [-0.2, 0) is 6.54 Å². The van der Waals surface area contributed by atoms with Gasteiger partial charge in [-0.05, 0) is 55.6 Å². The van der Waals surface area contributed by atoms with E-state index < -0.39 is 5.91 Å². The van der Waals surface area contributed by atoms with E-state index in [0.29, 0.717) is 31.3 Å². The topological polar surface area (TPSA) is 64.7 Å². The Morgan fingerprint density at radius 3 is 2.26 bits per heavy atom. The van der Waals surface area contributed by atoms with E-state index in [1.807, 2.05) is 6.07 Å². The van der Waals surface area contributed by atoms with Crippen LogP contribution in [0.4, 0.5) is 11.4 Å². The largest absolute Gasteiger partial charge is 0.322 e. The maximum atomic E-state index is 13.1. The minimum atomic E-state index is -0.409. The fourth-order valence-electron chi connectivity index (χ4n) is 3.60. The van der Waals surface area contributed by atoms with Crippen LogP contribution >= 0.6 is 46.1 Å². The first-order chi connectivity index (χ1) is 16.3. The maximum absolute atomic E-state index is 13.1. The van der Waals surface area contributed by atoms with E-state index in [4.69, 9.17) is 34.8 Å². The summed E-state index contributed by atoms with van der Waals surface area (Å²) < 4.78 is 0. The maximum Gasteiger partial charge on any atom is 0.267 e. The highest BCUT2D eigenvalue weighted by Crippen LogP contribution is 2.30. The predicted octanol–water partition coefficient (Wildman–Crippen LogP) is 5.96. The number of carbonyl (C=O) groups excluding carboxylic acids is 2. The summed E-state index contributed by atoms with van der Waals surface area (Å²) in [7, 11) is 2.11. The number of likely N-dealkylation sites (N-methyl/N-ethyl adjacent to an activating group) is 1. The number of nitrogens with one attached hydrogen (secondary N) is 2. The van der Waals surface area contributed by atoms with Crippen molar-refractivity contribution in [3.8, 4) is 0 Å². The lowest BCUT2D eigenvalue weighted by atomic mass is 10.1. The van der Waals surface area contributed by atoms with Crippen LogP contribution in [0.1, 0.15) is 24.9 Å². The molecule has 0 radical (unpaired) electrons. The molecule has 0 saturated carbocycles. The number of thiophene rings is 1. The molecule has 4 rings (SSSR count). The average molecular weight is 538 g/mol. The quantitative estimate of drug-likeness (QED) is 0.407. The van der Waals surface area contributed by atoms with Crippen molar-refractivity contribution in [3.63, 3.8) is 0 Å². The number of hydrogen-bond donors (Lipinski definition) is 2. The molecule has 1 aromatic heterocycles. The minimum absolute atomic E-state index is 0.237. The summed E-state index contributed by atoms with van der Waals surface area (Å²) in [6, 6.07) is 13.3. The second-order valence-electron chi connectivity index (χ2n) is 8.07. The van der Waals surface area contributed by atoms with Crippen molar-refractivity contribution in [2.45, 2.75) is 6.54 Å². The number of benzene rings is 2. The molecule has 3 aromatic rings. The van der Waals surface area contributed by atoms with E-state index in [2.05, 4.69) is 27.5 Å². The zero-order chi connectivity index (χ0) is 24.2. The number of amides is 2. The van der Waals surface area contributed by atoms with Gasteiger partial charge in [-0.1, -0.05) is 34.8 Å². The van der Waals surface area contributed by atoms with Crippen LogP contribution in [0.3, 0.4) is 0 Å². The van der Waals surface area contributed by atoms with Crippen molar-refractivity contribution < 1.29 is 9.59 Å². The summed E-state index contributed by atoms with van der Waals surface area (Å²) in [5.74, 6) is -0.782. The highest BCUT2D eigenvalue weighted by atomic mass is 35.5. The van der Waals surface area contributed by atoms with Crippen LogP contribution in [0.2, 0.25) is 15.1 Å². The first kappa shape index (κ1) is 25.0. The molecule has 1 aliphatic heterocycles. The van der Waals surface area contributed by atoms with Crippen molar-refractivity contribution in [1.82, 2.24) is 9.80 Å². The van der Waals surface area contributed by atoms with Gasteiger partial charge in [-0.15, -0.1) is 11.3 Å². The second kappa shape index (κ2) is 11.1. The van der Waals surface area contributed by atoms with Gasteiger partial charge in [0.1, 0.15) is 4.88 Å². The van der Waals surface area contributed by atoms with Gasteiger partial charge in [0.25, 0.3) is 11.8 Å². The Balaban J connectivity index is 1.48. The van der Waals surface area contributed by atoms with E-state index in [9.17, 15) is 9.59 Å². The zero-order valence-corrected chi connectivity index (χ0v) is 21.5. The zero-order valence-electron chi connectivity index (χ0n) is 18.4. The molecular formula is C24H23Cl3N4O2S. The van der Waals surface area contributed by atoms with Gasteiger partial charge >= 0.3 is 0 Å². The fourth-order valence-corrected chi connectivity index (χ4v) is 5.28. The molecule has 0 bridgehead atoms. The third kappa shape index (κ3) is 6.30. The molecule has 0 atom stereocenters. The summed E-state index contributed by atoms with van der Waals surface area (Å²) in [5, 5.41) is 6.95. The Kier molecular flexibility index (Phi) is 8.14. The highest BCUT2D eigenvalue weighted by Gasteiger charge is 2.21. The molecule has 0 spiro atoms. The Bertz CT molecular complexity index is 1190. The molecule has 178 valence electrons. The lowest BCUT2D eigenvalue weighted by molar-refractivity contribution is 0.102. The van der Waals surface area contributed by atoms with Gasteiger partial charge in [0.15, 0.2) is 0 Å². The fraction of sp³-hybridized carbons (Fsp3) is 0.250. The summed E-state index contributed by atoms with van der Waals surface area (Å²) in [6.45, 7) is 4.74. The van der Waals surface area contributed by atoms with Gasteiger partial charge in [0.2, 0.25) is 0 Å². The van der Waals surface area contributed by atoms with Crippen molar-refractivity contribution in [2.24, 2.45) is 0 Å². The molecule has 10 heteroatoms. The monoisotopic (exact) mass is 536 g/mol. The second-order valence-corrected chi connectivity index (χ2v) is 10.5. The molecule has 1 saturated heterocycles. The Morgan fingerprint density at radius 2 is 1.56 bits per heavy atom. The van der Waals surface area contributed by atoms with Crippen LogP contribution < -0.4 is 10.6 Å². The SMILES string of the molecule is CN1CCN(Cc2cc(Cl)c(C(=O)Nc3ccc(Cl)cc3C(=O)Nc3ccc(Cl)cc3)s2)CC1. The summed E-state index contributed by atoms with van der Waals surface area (Å²) in [4.78, 5) is 32.0. The van der Waals surface area contributed by atoms with E-state index in [-0.39, 0.29) is 11.5 Å². The van der Waals surface area contributed by atoms with Crippen molar-refractivity contribution >= 4 is 69.3 Å². The number of carbonyl (C=O) groups is 2. The lowest BCUT2D eigenvalue weighted by Crippen LogP contribution is -2.43. The molecule has 1 fully saturated rings. The highest BCUT2D eigenvalue weighted by molar-refractivity contribution is 7.14. The van der Waals surface area contributed by atoms with Crippen LogP contribution in [-0.4, -0.2) is 54.8 Å². The minimum Gasteiger partial charge on any atom is -0.322 e. The number of nitrogens with zero attached hydrogens (tertiary/aromatic N) is 2. The molecule has 1 aliphatic rings. The summed E-state index contributed by atoms with van der Waals surface area (Å²) in [5.41, 5.74) is 1.15. The predicted molar refractivity (Wildman–Crippen MR) is 141 cm³/mol. The molecule has 2 heterocycles. The van der Waals surface area contributed by atoms with Crippen LogP contribution in [0.25, 0.3) is 0 Å². The van der Waals surface area contributed by atoms with Crippen LogP contribution in [0, 0.1) is 0 Å². The molecule has 6 nitrogen and oxygen atoms in total. The number of rotatable bonds is 6. The Morgan fingerprint density at radius 1 is 0.882 bits per heavy atom. The smallest absolute Gasteiger partial charge is 0.267 e. The van der Waals surface area contributed by atoms with Crippen LogP contribution in [0.15, 0.2) is 48.5 Å². The van der Waals surface area contributed by atoms with Gasteiger partial charge in [-0.25, -0.2) is 0 Å². The van der Waals surface area contributed by atoms with Gasteiger partial charge in [-0.3, -0.25) is 14.5 Å². The number of halogens is 3. The average Bonchev–Trinajstić information content (AvgIpc) is 3.18. The van der Waals surface area contributed by atoms with E-state index in [1.165, 1.54) is 17.4 Å². The molecule has 0 unspecified atom stereocenters. The summed E-state index contributed by atoms with van der Waals surface area (Å²) >= 11 is 19.8. The normalized spacial score (nSPS) is 14.7. The molecule has 2 amide bonds. The number of anilines is 2. The molecule has 0 aliphatic carbocycles. The molecule has 2 aromatic carbocycles. The first-order valence-corrected chi connectivity index (χ1v) is 12.6.